The van der Waals surface area contributed by atoms with Crippen LogP contribution < -0.4 is 0 Å². The molecule has 104 valence electrons. The van der Waals surface area contributed by atoms with E-state index in [-0.39, 0.29) is 5.97 Å². The maximum Gasteiger partial charge on any atom is 0.309 e. The first-order valence-electron chi connectivity index (χ1n) is 6.92. The lowest BCUT2D eigenvalue weighted by molar-refractivity contribution is -0.139. The van der Waals surface area contributed by atoms with E-state index in [4.69, 9.17) is 4.74 Å². The first-order chi connectivity index (χ1) is 10.3. The summed E-state index contributed by atoms with van der Waals surface area (Å²) in [6.45, 7) is 0. The molecule has 3 aromatic rings. The van der Waals surface area contributed by atoms with E-state index in [1.807, 2.05) is 36.4 Å². The Labute approximate surface area is 124 Å². The Kier molecular flexibility index (Phi) is 3.69. The summed E-state index contributed by atoms with van der Waals surface area (Å²) in [5.74, 6) is -0.219. The summed E-state index contributed by atoms with van der Waals surface area (Å²) in [6.07, 6.45) is 0.291. The fourth-order valence-corrected chi connectivity index (χ4v) is 2.54. The van der Waals surface area contributed by atoms with Crippen LogP contribution in [0.2, 0.25) is 0 Å². The zero-order valence-corrected chi connectivity index (χ0v) is 11.9. The summed E-state index contributed by atoms with van der Waals surface area (Å²) in [7, 11) is 1.42. The number of hydrogen-bond acceptors (Lipinski definition) is 2. The molecule has 0 aliphatic rings. The van der Waals surface area contributed by atoms with Gasteiger partial charge in [0, 0.05) is 0 Å². The summed E-state index contributed by atoms with van der Waals surface area (Å²) >= 11 is 0. The minimum Gasteiger partial charge on any atom is -0.469 e. The van der Waals surface area contributed by atoms with Crippen LogP contribution in [-0.2, 0) is 16.0 Å². The van der Waals surface area contributed by atoms with Gasteiger partial charge in [-0.15, -0.1) is 0 Å². The van der Waals surface area contributed by atoms with Crippen molar-refractivity contribution in [3.05, 3.63) is 72.3 Å². The molecule has 21 heavy (non-hydrogen) atoms. The molecule has 0 spiro atoms. The summed E-state index contributed by atoms with van der Waals surface area (Å²) in [5.41, 5.74) is 3.18. The molecule has 0 atom stereocenters. The fourth-order valence-electron chi connectivity index (χ4n) is 2.54. The van der Waals surface area contributed by atoms with Crippen LogP contribution in [-0.4, -0.2) is 13.1 Å². The quantitative estimate of drug-likeness (QED) is 0.669. The minimum absolute atomic E-state index is 0.219. The van der Waals surface area contributed by atoms with Crippen LogP contribution in [0, 0.1) is 0 Å². The van der Waals surface area contributed by atoms with Crippen molar-refractivity contribution in [2.24, 2.45) is 0 Å². The van der Waals surface area contributed by atoms with Crippen molar-refractivity contribution in [2.45, 2.75) is 6.42 Å². The van der Waals surface area contributed by atoms with E-state index in [1.54, 1.807) is 0 Å². The molecule has 0 heterocycles. The smallest absolute Gasteiger partial charge is 0.309 e. The molecule has 0 radical (unpaired) electrons. The number of fused-ring (bicyclic) bond motifs is 1. The summed E-state index contributed by atoms with van der Waals surface area (Å²) < 4.78 is 4.78. The Bertz CT molecular complexity index is 790. The van der Waals surface area contributed by atoms with Crippen LogP contribution in [0.15, 0.2) is 66.7 Å². The van der Waals surface area contributed by atoms with Gasteiger partial charge in [0.05, 0.1) is 13.5 Å². The fraction of sp³-hybridized carbons (Fsp3) is 0.105. The summed E-state index contributed by atoms with van der Waals surface area (Å²) in [5, 5.41) is 2.41. The number of hydrogen-bond donors (Lipinski definition) is 0. The van der Waals surface area contributed by atoms with Gasteiger partial charge in [-0.25, -0.2) is 0 Å². The molecule has 2 heteroatoms. The molecule has 0 unspecified atom stereocenters. The van der Waals surface area contributed by atoms with Crippen LogP contribution in [0.25, 0.3) is 21.9 Å². The van der Waals surface area contributed by atoms with Crippen LogP contribution in [0.1, 0.15) is 5.56 Å². The van der Waals surface area contributed by atoms with Crippen molar-refractivity contribution < 1.29 is 9.53 Å². The standard InChI is InChI=1S/C19H16O2/c1-21-19(20)13-16-8-4-5-9-18(16)17-11-10-14-6-2-3-7-15(14)12-17/h2-12H,13H2,1H3. The molecule has 0 aliphatic carbocycles. The van der Waals surface area contributed by atoms with Gasteiger partial charge >= 0.3 is 5.97 Å². The largest absolute Gasteiger partial charge is 0.469 e. The molecule has 2 nitrogen and oxygen atoms in total. The van der Waals surface area contributed by atoms with Gasteiger partial charge in [-0.05, 0) is 33.5 Å². The molecule has 0 saturated heterocycles. The Morgan fingerprint density at radius 3 is 2.43 bits per heavy atom. The highest BCUT2D eigenvalue weighted by Gasteiger charge is 2.09. The second kappa shape index (κ2) is 5.80. The Balaban J connectivity index is 2.07. The number of ether oxygens (including phenoxy) is 1. The van der Waals surface area contributed by atoms with E-state index < -0.39 is 0 Å². The third-order valence-corrected chi connectivity index (χ3v) is 3.64. The summed E-state index contributed by atoms with van der Waals surface area (Å²) in [6, 6.07) is 22.6. The molecule has 0 fully saturated rings. The van der Waals surface area contributed by atoms with Gasteiger partial charge in [-0.3, -0.25) is 4.79 Å². The Morgan fingerprint density at radius 2 is 1.62 bits per heavy atom. The highest BCUT2D eigenvalue weighted by Crippen LogP contribution is 2.27. The van der Waals surface area contributed by atoms with Crippen molar-refractivity contribution in [1.29, 1.82) is 0 Å². The predicted molar refractivity (Wildman–Crippen MR) is 85.1 cm³/mol. The molecular formula is C19H16O2. The monoisotopic (exact) mass is 276 g/mol. The highest BCUT2D eigenvalue weighted by molar-refractivity contribution is 5.88. The number of carbonyl (C=O) groups is 1. The molecule has 0 N–H and O–H groups in total. The van der Waals surface area contributed by atoms with Gasteiger partial charge < -0.3 is 4.74 Å². The van der Waals surface area contributed by atoms with Gasteiger partial charge in [0.1, 0.15) is 0 Å². The Morgan fingerprint density at radius 1 is 0.905 bits per heavy atom. The average molecular weight is 276 g/mol. The zero-order valence-electron chi connectivity index (χ0n) is 11.9. The van der Waals surface area contributed by atoms with E-state index in [2.05, 4.69) is 30.3 Å². The molecular weight excluding hydrogens is 260 g/mol. The number of esters is 1. The van der Waals surface area contributed by atoms with Gasteiger partial charge in [0.15, 0.2) is 0 Å². The van der Waals surface area contributed by atoms with Gasteiger partial charge in [-0.1, -0.05) is 60.7 Å². The minimum atomic E-state index is -0.219. The van der Waals surface area contributed by atoms with Crippen LogP contribution in [0.5, 0.6) is 0 Å². The second-order valence-corrected chi connectivity index (χ2v) is 4.97. The summed E-state index contributed by atoms with van der Waals surface area (Å²) in [4.78, 5) is 11.6. The Hall–Kier alpha value is -2.61. The van der Waals surface area contributed by atoms with Crippen LogP contribution >= 0.6 is 0 Å². The van der Waals surface area contributed by atoms with Crippen LogP contribution in [0.4, 0.5) is 0 Å². The van der Waals surface area contributed by atoms with E-state index >= 15 is 0 Å². The number of benzene rings is 3. The number of rotatable bonds is 3. The highest BCUT2D eigenvalue weighted by atomic mass is 16.5. The van der Waals surface area contributed by atoms with Crippen LogP contribution in [0.3, 0.4) is 0 Å². The third-order valence-electron chi connectivity index (χ3n) is 3.64. The van der Waals surface area contributed by atoms with Crippen molar-refractivity contribution in [3.8, 4) is 11.1 Å². The molecule has 3 rings (SSSR count). The predicted octanol–water partition coefficient (Wildman–Crippen LogP) is 4.22. The maximum absolute atomic E-state index is 11.6. The van der Waals surface area contributed by atoms with Gasteiger partial charge in [0.2, 0.25) is 0 Å². The van der Waals surface area contributed by atoms with Crippen molar-refractivity contribution in [2.75, 3.05) is 7.11 Å². The first kappa shape index (κ1) is 13.4. The topological polar surface area (TPSA) is 26.3 Å². The van der Waals surface area contributed by atoms with E-state index in [9.17, 15) is 4.79 Å². The van der Waals surface area contributed by atoms with Gasteiger partial charge in [-0.2, -0.15) is 0 Å². The number of methoxy groups -OCH3 is 1. The molecule has 0 amide bonds. The zero-order chi connectivity index (χ0) is 14.7. The van der Waals surface area contributed by atoms with E-state index in [0.717, 1.165) is 16.7 Å². The third kappa shape index (κ3) is 2.79. The maximum atomic E-state index is 11.6. The SMILES string of the molecule is COC(=O)Cc1ccccc1-c1ccc2ccccc2c1. The van der Waals surface area contributed by atoms with E-state index in [0.29, 0.717) is 6.42 Å². The lowest BCUT2D eigenvalue weighted by atomic mass is 9.96. The molecule has 0 bridgehead atoms. The molecule has 0 aromatic heterocycles. The van der Waals surface area contributed by atoms with Gasteiger partial charge in [0.25, 0.3) is 0 Å². The number of carbonyl (C=O) groups excluding carboxylic acids is 1. The van der Waals surface area contributed by atoms with Crippen molar-refractivity contribution >= 4 is 16.7 Å². The van der Waals surface area contributed by atoms with Crippen molar-refractivity contribution in [1.82, 2.24) is 0 Å². The molecule has 3 aromatic carbocycles. The molecule has 0 aliphatic heterocycles. The lowest BCUT2D eigenvalue weighted by Crippen LogP contribution is -2.05. The molecule has 0 saturated carbocycles. The lowest BCUT2D eigenvalue weighted by Gasteiger charge is -2.10. The van der Waals surface area contributed by atoms with E-state index in [1.165, 1.54) is 17.9 Å². The average Bonchev–Trinajstić information content (AvgIpc) is 2.55. The second-order valence-electron chi connectivity index (χ2n) is 4.97. The van der Waals surface area contributed by atoms with Crippen molar-refractivity contribution in [3.63, 3.8) is 0 Å². The normalized spacial score (nSPS) is 10.5. The first-order valence-corrected chi connectivity index (χ1v) is 6.92.